The third-order valence-electron chi connectivity index (χ3n) is 2.83. The number of methoxy groups -OCH3 is 1. The van der Waals surface area contributed by atoms with Crippen molar-refractivity contribution in [1.29, 1.82) is 0 Å². The summed E-state index contributed by atoms with van der Waals surface area (Å²) in [4.78, 5) is 13.9. The Labute approximate surface area is 98.1 Å². The van der Waals surface area contributed by atoms with Gasteiger partial charge in [-0.2, -0.15) is 0 Å². The van der Waals surface area contributed by atoms with Gasteiger partial charge in [-0.3, -0.25) is 4.79 Å². The molecule has 16 heavy (non-hydrogen) atoms. The van der Waals surface area contributed by atoms with Gasteiger partial charge in [-0.05, 0) is 33.1 Å². The Morgan fingerprint density at radius 1 is 1.50 bits per heavy atom. The maximum Gasteiger partial charge on any atom is 0.222 e. The molecule has 1 aliphatic carbocycles. The van der Waals surface area contributed by atoms with Crippen molar-refractivity contribution in [1.82, 2.24) is 4.90 Å². The van der Waals surface area contributed by atoms with E-state index in [4.69, 9.17) is 10.5 Å². The Bertz CT molecular complexity index is 232. The normalized spacial score (nSPS) is 16.2. The molecule has 0 atom stereocenters. The van der Waals surface area contributed by atoms with E-state index in [1.54, 1.807) is 7.11 Å². The maximum atomic E-state index is 12.0. The quantitative estimate of drug-likeness (QED) is 0.711. The van der Waals surface area contributed by atoms with Crippen LogP contribution in [0.3, 0.4) is 0 Å². The van der Waals surface area contributed by atoms with E-state index in [1.807, 2.05) is 18.7 Å². The molecular weight excluding hydrogens is 204 g/mol. The van der Waals surface area contributed by atoms with Crippen LogP contribution in [0.5, 0.6) is 0 Å². The molecule has 0 aromatic carbocycles. The van der Waals surface area contributed by atoms with Crippen LogP contribution in [0.2, 0.25) is 0 Å². The Balaban J connectivity index is 2.35. The number of carbonyl (C=O) groups is 1. The molecule has 0 radical (unpaired) electrons. The maximum absolute atomic E-state index is 12.0. The number of hydrogen-bond donors (Lipinski definition) is 1. The van der Waals surface area contributed by atoms with Gasteiger partial charge in [0.1, 0.15) is 0 Å². The molecule has 94 valence electrons. The molecule has 0 bridgehead atoms. The lowest BCUT2D eigenvalue weighted by Crippen LogP contribution is -2.38. The minimum absolute atomic E-state index is 0.220. The van der Waals surface area contributed by atoms with E-state index in [9.17, 15) is 4.79 Å². The van der Waals surface area contributed by atoms with E-state index in [1.165, 1.54) is 0 Å². The van der Waals surface area contributed by atoms with Gasteiger partial charge in [-0.1, -0.05) is 0 Å². The van der Waals surface area contributed by atoms with E-state index in [-0.39, 0.29) is 11.4 Å². The largest absolute Gasteiger partial charge is 0.383 e. The molecule has 0 unspecified atom stereocenters. The molecule has 1 aliphatic rings. The smallest absolute Gasteiger partial charge is 0.222 e. The predicted octanol–water partition coefficient (Wildman–Crippen LogP) is 1.14. The number of nitrogens with zero attached hydrogens (tertiary/aromatic N) is 1. The van der Waals surface area contributed by atoms with Crippen molar-refractivity contribution < 1.29 is 9.53 Å². The van der Waals surface area contributed by atoms with Crippen molar-refractivity contribution in [3.8, 4) is 0 Å². The summed E-state index contributed by atoms with van der Waals surface area (Å²) in [5.41, 5.74) is 5.62. The fourth-order valence-electron chi connectivity index (χ4n) is 1.66. The highest BCUT2D eigenvalue weighted by atomic mass is 16.5. The van der Waals surface area contributed by atoms with Crippen LogP contribution in [-0.4, -0.2) is 42.6 Å². The molecule has 1 saturated carbocycles. The number of rotatable bonds is 7. The highest BCUT2D eigenvalue weighted by Gasteiger charge is 2.32. The Morgan fingerprint density at radius 2 is 2.12 bits per heavy atom. The van der Waals surface area contributed by atoms with Crippen LogP contribution in [0.15, 0.2) is 0 Å². The summed E-state index contributed by atoms with van der Waals surface area (Å²) in [7, 11) is 1.67. The first-order valence-electron chi connectivity index (χ1n) is 6.01. The van der Waals surface area contributed by atoms with Gasteiger partial charge in [0.25, 0.3) is 0 Å². The second kappa shape index (κ2) is 5.64. The van der Waals surface area contributed by atoms with E-state index in [0.717, 1.165) is 19.3 Å². The van der Waals surface area contributed by atoms with Crippen molar-refractivity contribution >= 4 is 5.91 Å². The minimum atomic E-state index is -0.258. The number of hydrogen-bond acceptors (Lipinski definition) is 3. The molecule has 1 rings (SSSR count). The van der Waals surface area contributed by atoms with Crippen LogP contribution in [0.1, 0.15) is 39.5 Å². The van der Waals surface area contributed by atoms with Gasteiger partial charge in [0.15, 0.2) is 0 Å². The number of ether oxygens (including phenoxy) is 1. The fourth-order valence-corrected chi connectivity index (χ4v) is 1.66. The predicted molar refractivity (Wildman–Crippen MR) is 64.1 cm³/mol. The third kappa shape index (κ3) is 4.94. The van der Waals surface area contributed by atoms with Crippen molar-refractivity contribution in [3.63, 3.8) is 0 Å². The van der Waals surface area contributed by atoms with Gasteiger partial charge < -0.3 is 15.4 Å². The molecule has 0 aromatic heterocycles. The van der Waals surface area contributed by atoms with Crippen molar-refractivity contribution in [2.24, 2.45) is 5.73 Å². The summed E-state index contributed by atoms with van der Waals surface area (Å²) < 4.78 is 5.03. The topological polar surface area (TPSA) is 55.6 Å². The second-order valence-electron chi connectivity index (χ2n) is 5.30. The fraction of sp³-hybridized carbons (Fsp3) is 0.917. The van der Waals surface area contributed by atoms with Crippen LogP contribution in [0.25, 0.3) is 0 Å². The SMILES string of the molecule is COCCN(C(=O)CCC(C)(C)N)C1CC1. The van der Waals surface area contributed by atoms with Crippen molar-refractivity contribution in [2.75, 3.05) is 20.3 Å². The summed E-state index contributed by atoms with van der Waals surface area (Å²) in [5, 5.41) is 0. The zero-order chi connectivity index (χ0) is 12.2. The monoisotopic (exact) mass is 228 g/mol. The van der Waals surface area contributed by atoms with E-state index >= 15 is 0 Å². The Kier molecular flexibility index (Phi) is 4.74. The zero-order valence-corrected chi connectivity index (χ0v) is 10.7. The van der Waals surface area contributed by atoms with Crippen molar-refractivity contribution in [2.45, 2.75) is 51.1 Å². The highest BCUT2D eigenvalue weighted by Crippen LogP contribution is 2.27. The molecule has 4 nitrogen and oxygen atoms in total. The summed E-state index contributed by atoms with van der Waals surface area (Å²) in [5.74, 6) is 0.220. The third-order valence-corrected chi connectivity index (χ3v) is 2.83. The summed E-state index contributed by atoms with van der Waals surface area (Å²) in [6.45, 7) is 5.24. The van der Waals surface area contributed by atoms with Gasteiger partial charge in [0.2, 0.25) is 5.91 Å². The molecule has 1 amide bonds. The van der Waals surface area contributed by atoms with Crippen LogP contribution in [-0.2, 0) is 9.53 Å². The van der Waals surface area contributed by atoms with Crippen molar-refractivity contribution in [3.05, 3.63) is 0 Å². The number of nitrogens with two attached hydrogens (primary N) is 1. The molecule has 4 heteroatoms. The first kappa shape index (κ1) is 13.5. The lowest BCUT2D eigenvalue weighted by Gasteiger charge is -2.24. The first-order valence-corrected chi connectivity index (χ1v) is 6.01. The Hall–Kier alpha value is -0.610. The lowest BCUT2D eigenvalue weighted by molar-refractivity contribution is -0.132. The molecule has 1 fully saturated rings. The van der Waals surface area contributed by atoms with Crippen LogP contribution in [0, 0.1) is 0 Å². The standard InChI is InChI=1S/C12H24N2O2/c1-12(2,13)7-6-11(15)14(8-9-16-3)10-4-5-10/h10H,4-9,13H2,1-3H3. The highest BCUT2D eigenvalue weighted by molar-refractivity contribution is 5.77. The van der Waals surface area contributed by atoms with Gasteiger partial charge in [-0.15, -0.1) is 0 Å². The second-order valence-corrected chi connectivity index (χ2v) is 5.30. The number of carbonyl (C=O) groups excluding carboxylic acids is 1. The zero-order valence-electron chi connectivity index (χ0n) is 10.7. The molecule has 0 aromatic rings. The van der Waals surface area contributed by atoms with Gasteiger partial charge >= 0.3 is 0 Å². The van der Waals surface area contributed by atoms with E-state index in [0.29, 0.717) is 25.6 Å². The first-order chi connectivity index (χ1) is 7.44. The minimum Gasteiger partial charge on any atom is -0.383 e. The van der Waals surface area contributed by atoms with Crippen LogP contribution >= 0.6 is 0 Å². The van der Waals surface area contributed by atoms with Crippen LogP contribution in [0.4, 0.5) is 0 Å². The molecule has 0 spiro atoms. The molecule has 0 aliphatic heterocycles. The average Bonchev–Trinajstić information content (AvgIpc) is 2.98. The molecule has 2 N–H and O–H groups in total. The number of amides is 1. The van der Waals surface area contributed by atoms with E-state index < -0.39 is 0 Å². The summed E-state index contributed by atoms with van der Waals surface area (Å²) in [6.07, 6.45) is 3.56. The van der Waals surface area contributed by atoms with E-state index in [2.05, 4.69) is 0 Å². The van der Waals surface area contributed by atoms with Gasteiger partial charge in [0.05, 0.1) is 6.61 Å². The molecular formula is C12H24N2O2. The van der Waals surface area contributed by atoms with Gasteiger partial charge in [0, 0.05) is 31.7 Å². The summed E-state index contributed by atoms with van der Waals surface area (Å²) in [6, 6.07) is 0.462. The van der Waals surface area contributed by atoms with Crippen LogP contribution < -0.4 is 5.73 Å². The molecule has 0 saturated heterocycles. The van der Waals surface area contributed by atoms with Gasteiger partial charge in [-0.25, -0.2) is 0 Å². The Morgan fingerprint density at radius 3 is 2.56 bits per heavy atom. The lowest BCUT2D eigenvalue weighted by atomic mass is 10.00. The molecule has 0 heterocycles. The summed E-state index contributed by atoms with van der Waals surface area (Å²) >= 11 is 0. The average molecular weight is 228 g/mol.